The van der Waals surface area contributed by atoms with E-state index in [1.165, 1.54) is 0 Å². The summed E-state index contributed by atoms with van der Waals surface area (Å²) in [6, 6.07) is 0. The molecule has 5 heteroatoms. The average Bonchev–Trinajstić information content (AvgIpc) is 1.84. The van der Waals surface area contributed by atoms with E-state index in [1.807, 2.05) is 13.8 Å². The highest BCUT2D eigenvalue weighted by molar-refractivity contribution is 7.85. The van der Waals surface area contributed by atoms with Crippen molar-refractivity contribution >= 4 is 10.1 Å². The maximum absolute atomic E-state index is 10.3. The Labute approximate surface area is 73.7 Å². The fraction of sp³-hybridized carbons (Fsp3) is 1.00. The number of ether oxygens (including phenoxy) is 1. The highest BCUT2D eigenvalue weighted by Gasteiger charge is 2.06. The molecule has 0 bridgehead atoms. The van der Waals surface area contributed by atoms with E-state index in [2.05, 4.69) is 0 Å². The molecular weight excluding hydrogens is 180 g/mol. The number of hydrogen-bond donors (Lipinski definition) is 1. The minimum Gasteiger partial charge on any atom is -0.379 e. The average molecular weight is 196 g/mol. The van der Waals surface area contributed by atoms with Crippen molar-refractivity contribution in [3.63, 3.8) is 0 Å². The lowest BCUT2D eigenvalue weighted by atomic mass is 10.2. The zero-order valence-corrected chi connectivity index (χ0v) is 8.30. The van der Waals surface area contributed by atoms with Crippen LogP contribution in [0.3, 0.4) is 0 Å². The molecule has 0 saturated heterocycles. The topological polar surface area (TPSA) is 63.6 Å². The maximum atomic E-state index is 10.3. The van der Waals surface area contributed by atoms with Crippen molar-refractivity contribution in [1.82, 2.24) is 0 Å². The Morgan fingerprint density at radius 1 is 1.50 bits per heavy atom. The monoisotopic (exact) mass is 196 g/mol. The maximum Gasteiger partial charge on any atom is 0.264 e. The summed E-state index contributed by atoms with van der Waals surface area (Å²) < 4.78 is 34.1. The third-order valence-electron chi connectivity index (χ3n) is 1.46. The van der Waals surface area contributed by atoms with Gasteiger partial charge in [0, 0.05) is 6.61 Å². The first kappa shape index (κ1) is 11.9. The predicted octanol–water partition coefficient (Wildman–Crippen LogP) is 1.08. The molecule has 1 N–H and O–H groups in total. The zero-order chi connectivity index (χ0) is 9.61. The van der Waals surface area contributed by atoms with Crippen LogP contribution in [0.25, 0.3) is 0 Å². The van der Waals surface area contributed by atoms with Gasteiger partial charge in [0.1, 0.15) is 0 Å². The molecule has 0 heterocycles. The van der Waals surface area contributed by atoms with Crippen molar-refractivity contribution in [1.29, 1.82) is 0 Å². The van der Waals surface area contributed by atoms with Gasteiger partial charge < -0.3 is 4.74 Å². The van der Waals surface area contributed by atoms with Crippen LogP contribution in [0.2, 0.25) is 0 Å². The second-order valence-electron chi connectivity index (χ2n) is 2.69. The van der Waals surface area contributed by atoms with Crippen LogP contribution in [0.1, 0.15) is 26.7 Å². The van der Waals surface area contributed by atoms with Gasteiger partial charge in [-0.2, -0.15) is 8.42 Å². The standard InChI is InChI=1S/C7H16O4S/c1-3-11-7(2)5-4-6-12(8,9)10/h7H,3-6H2,1-2H3,(H,8,9,10). The molecule has 0 aromatic carbocycles. The van der Waals surface area contributed by atoms with Crippen LogP contribution in [-0.4, -0.2) is 31.4 Å². The summed E-state index contributed by atoms with van der Waals surface area (Å²) in [7, 11) is -3.79. The molecule has 0 aliphatic carbocycles. The van der Waals surface area contributed by atoms with Crippen LogP contribution in [0.4, 0.5) is 0 Å². The van der Waals surface area contributed by atoms with Crippen molar-refractivity contribution < 1.29 is 17.7 Å². The molecule has 0 spiro atoms. The quantitative estimate of drug-likeness (QED) is 0.646. The van der Waals surface area contributed by atoms with Crippen LogP contribution in [0, 0.1) is 0 Å². The molecule has 0 saturated carbocycles. The number of rotatable bonds is 6. The minimum absolute atomic E-state index is 0.0664. The van der Waals surface area contributed by atoms with E-state index in [4.69, 9.17) is 9.29 Å². The smallest absolute Gasteiger partial charge is 0.264 e. The van der Waals surface area contributed by atoms with E-state index in [1.54, 1.807) is 0 Å². The zero-order valence-electron chi connectivity index (χ0n) is 7.49. The van der Waals surface area contributed by atoms with E-state index < -0.39 is 10.1 Å². The molecule has 0 amide bonds. The second kappa shape index (κ2) is 5.50. The van der Waals surface area contributed by atoms with Gasteiger partial charge in [0.15, 0.2) is 0 Å². The molecular formula is C7H16O4S. The van der Waals surface area contributed by atoms with E-state index in [0.717, 1.165) is 0 Å². The first-order valence-electron chi connectivity index (χ1n) is 4.02. The van der Waals surface area contributed by atoms with Crippen LogP contribution in [0.15, 0.2) is 0 Å². The lowest BCUT2D eigenvalue weighted by Gasteiger charge is -2.09. The molecule has 74 valence electrons. The van der Waals surface area contributed by atoms with Crippen molar-refractivity contribution in [2.24, 2.45) is 0 Å². The third-order valence-corrected chi connectivity index (χ3v) is 2.27. The molecule has 0 rings (SSSR count). The predicted molar refractivity (Wildman–Crippen MR) is 46.7 cm³/mol. The first-order valence-corrected chi connectivity index (χ1v) is 5.63. The largest absolute Gasteiger partial charge is 0.379 e. The summed E-state index contributed by atoms with van der Waals surface area (Å²) in [4.78, 5) is 0. The van der Waals surface area contributed by atoms with Gasteiger partial charge in [-0.25, -0.2) is 0 Å². The summed E-state index contributed by atoms with van der Waals surface area (Å²) in [5.74, 6) is -0.176. The summed E-state index contributed by atoms with van der Waals surface area (Å²) in [5.41, 5.74) is 0. The third kappa shape index (κ3) is 7.97. The summed E-state index contributed by atoms with van der Waals surface area (Å²) in [5, 5.41) is 0. The molecule has 0 aromatic heterocycles. The van der Waals surface area contributed by atoms with Crippen LogP contribution < -0.4 is 0 Å². The highest BCUT2D eigenvalue weighted by atomic mass is 32.2. The van der Waals surface area contributed by atoms with Crippen LogP contribution in [-0.2, 0) is 14.9 Å². The van der Waals surface area contributed by atoms with Crippen molar-refractivity contribution in [2.45, 2.75) is 32.8 Å². The number of hydrogen-bond acceptors (Lipinski definition) is 3. The first-order chi connectivity index (χ1) is 5.45. The van der Waals surface area contributed by atoms with Gasteiger partial charge in [-0.3, -0.25) is 4.55 Å². The molecule has 0 fully saturated rings. The highest BCUT2D eigenvalue weighted by Crippen LogP contribution is 2.02. The SMILES string of the molecule is CCOC(C)CCCS(=O)(=O)O. The summed E-state index contributed by atoms with van der Waals surface area (Å²) >= 11 is 0. The second-order valence-corrected chi connectivity index (χ2v) is 4.27. The summed E-state index contributed by atoms with van der Waals surface area (Å²) in [6.07, 6.45) is 1.17. The molecule has 12 heavy (non-hydrogen) atoms. The Morgan fingerprint density at radius 2 is 2.08 bits per heavy atom. The van der Waals surface area contributed by atoms with Crippen molar-refractivity contribution in [2.75, 3.05) is 12.4 Å². The lowest BCUT2D eigenvalue weighted by Crippen LogP contribution is -2.11. The van der Waals surface area contributed by atoms with E-state index >= 15 is 0 Å². The van der Waals surface area contributed by atoms with Gasteiger partial charge in [-0.15, -0.1) is 0 Å². The summed E-state index contributed by atoms with van der Waals surface area (Å²) in [6.45, 7) is 4.40. The molecule has 1 unspecified atom stereocenters. The van der Waals surface area contributed by atoms with E-state index in [0.29, 0.717) is 19.4 Å². The van der Waals surface area contributed by atoms with Gasteiger partial charge in [0.2, 0.25) is 0 Å². The lowest BCUT2D eigenvalue weighted by molar-refractivity contribution is 0.0699. The Kier molecular flexibility index (Phi) is 5.44. The van der Waals surface area contributed by atoms with Gasteiger partial charge in [0.05, 0.1) is 11.9 Å². The fourth-order valence-electron chi connectivity index (χ4n) is 0.921. The Hall–Kier alpha value is -0.130. The fourth-order valence-corrected chi connectivity index (χ4v) is 1.45. The van der Waals surface area contributed by atoms with Crippen molar-refractivity contribution in [3.8, 4) is 0 Å². The van der Waals surface area contributed by atoms with Gasteiger partial charge >= 0.3 is 0 Å². The minimum atomic E-state index is -3.79. The van der Waals surface area contributed by atoms with E-state index in [9.17, 15) is 8.42 Å². The Balaban J connectivity index is 3.44. The molecule has 0 aliphatic heterocycles. The van der Waals surface area contributed by atoms with E-state index in [-0.39, 0.29) is 11.9 Å². The van der Waals surface area contributed by atoms with Crippen molar-refractivity contribution in [3.05, 3.63) is 0 Å². The molecule has 4 nitrogen and oxygen atoms in total. The molecule has 1 atom stereocenters. The normalized spacial score (nSPS) is 14.6. The van der Waals surface area contributed by atoms with Gasteiger partial charge in [0.25, 0.3) is 10.1 Å². The molecule has 0 aromatic rings. The van der Waals surface area contributed by atoms with Gasteiger partial charge in [-0.05, 0) is 26.7 Å². The van der Waals surface area contributed by atoms with Crippen LogP contribution in [0.5, 0.6) is 0 Å². The van der Waals surface area contributed by atoms with Crippen LogP contribution >= 0.6 is 0 Å². The molecule has 0 radical (unpaired) electrons. The van der Waals surface area contributed by atoms with Gasteiger partial charge in [-0.1, -0.05) is 0 Å². The Morgan fingerprint density at radius 3 is 2.50 bits per heavy atom. The Bertz CT molecular complexity index is 197. The molecule has 0 aliphatic rings.